The van der Waals surface area contributed by atoms with E-state index in [0.29, 0.717) is 28.3 Å². The highest BCUT2D eigenvalue weighted by Gasteiger charge is 2.21. The third kappa shape index (κ3) is 4.66. The molecular weight excluding hydrogens is 334 g/mol. The number of amidine groups is 1. The second kappa shape index (κ2) is 8.24. The smallest absolute Gasteiger partial charge is 0.330 e. The van der Waals surface area contributed by atoms with Crippen LogP contribution in [0.2, 0.25) is 0 Å². The van der Waals surface area contributed by atoms with Gasteiger partial charge in [0.1, 0.15) is 5.84 Å². The first-order valence-corrected chi connectivity index (χ1v) is 8.10. The molecular formula is C19H23N3O4. The molecule has 2 rings (SSSR count). The van der Waals surface area contributed by atoms with Gasteiger partial charge in [0.15, 0.2) is 17.5 Å². The summed E-state index contributed by atoms with van der Waals surface area (Å²) in [6.45, 7) is 3.80. The number of methoxy groups -OCH3 is 1. The summed E-state index contributed by atoms with van der Waals surface area (Å²) < 4.78 is 11.0. The second-order valence-corrected chi connectivity index (χ2v) is 5.98. The Kier molecular flexibility index (Phi) is 6.06. The van der Waals surface area contributed by atoms with Gasteiger partial charge in [-0.15, -0.1) is 0 Å². The molecule has 0 aliphatic carbocycles. The summed E-state index contributed by atoms with van der Waals surface area (Å²) in [7, 11) is 1.51. The first-order chi connectivity index (χ1) is 12.3. The molecule has 0 amide bonds. The van der Waals surface area contributed by atoms with Crippen molar-refractivity contribution in [3.8, 4) is 11.5 Å². The molecule has 5 N–H and O–H groups in total. The number of hydrogen-bond acceptors (Lipinski definition) is 5. The number of hydrogen-bond donors (Lipinski definition) is 4. The molecule has 0 aliphatic heterocycles. The van der Waals surface area contributed by atoms with Crippen molar-refractivity contribution in [3.05, 3.63) is 53.6 Å². The number of nitrogens with one attached hydrogen (secondary N) is 2. The Labute approximate surface area is 152 Å². The summed E-state index contributed by atoms with van der Waals surface area (Å²) in [5, 5.41) is 20.0. The van der Waals surface area contributed by atoms with Crippen LogP contribution in [0.25, 0.3) is 0 Å². The van der Waals surface area contributed by atoms with Gasteiger partial charge in [0.2, 0.25) is 0 Å². The van der Waals surface area contributed by atoms with E-state index < -0.39 is 12.0 Å². The lowest BCUT2D eigenvalue weighted by molar-refractivity contribution is -0.138. The quantitative estimate of drug-likeness (QED) is 0.426. The monoisotopic (exact) mass is 357 g/mol. The highest BCUT2D eigenvalue weighted by atomic mass is 16.5. The van der Waals surface area contributed by atoms with Crippen molar-refractivity contribution in [2.24, 2.45) is 5.73 Å². The molecule has 138 valence electrons. The van der Waals surface area contributed by atoms with Crippen LogP contribution in [-0.2, 0) is 4.79 Å². The van der Waals surface area contributed by atoms with E-state index in [1.165, 1.54) is 7.11 Å². The van der Waals surface area contributed by atoms with E-state index in [2.05, 4.69) is 5.32 Å². The summed E-state index contributed by atoms with van der Waals surface area (Å²) in [4.78, 5) is 11.8. The minimum Gasteiger partial charge on any atom is -0.493 e. The van der Waals surface area contributed by atoms with Gasteiger partial charge >= 0.3 is 5.97 Å². The molecule has 0 radical (unpaired) electrons. The van der Waals surface area contributed by atoms with Crippen LogP contribution in [0.15, 0.2) is 42.5 Å². The molecule has 0 heterocycles. The van der Waals surface area contributed by atoms with Crippen molar-refractivity contribution in [1.82, 2.24) is 0 Å². The fourth-order valence-electron chi connectivity index (χ4n) is 2.42. The van der Waals surface area contributed by atoms with E-state index in [1.54, 1.807) is 42.5 Å². The minimum absolute atomic E-state index is 0.0251. The van der Waals surface area contributed by atoms with Gasteiger partial charge in [0.25, 0.3) is 0 Å². The fourth-order valence-corrected chi connectivity index (χ4v) is 2.42. The zero-order valence-corrected chi connectivity index (χ0v) is 14.9. The largest absolute Gasteiger partial charge is 0.493 e. The van der Waals surface area contributed by atoms with Crippen LogP contribution in [-0.4, -0.2) is 30.1 Å². The Bertz CT molecular complexity index is 788. The van der Waals surface area contributed by atoms with Crippen molar-refractivity contribution < 1.29 is 19.4 Å². The van der Waals surface area contributed by atoms with Gasteiger partial charge in [0.05, 0.1) is 13.2 Å². The normalized spacial score (nSPS) is 11.7. The number of carboxylic acids is 1. The topological polar surface area (TPSA) is 118 Å². The SMILES string of the molecule is COc1cc(C(Nc2ccc(C(=N)N)cc2)C(=O)O)ccc1OC(C)C. The lowest BCUT2D eigenvalue weighted by Gasteiger charge is -2.19. The van der Waals surface area contributed by atoms with Gasteiger partial charge in [-0.3, -0.25) is 5.41 Å². The number of nitrogens with two attached hydrogens (primary N) is 1. The molecule has 0 aromatic heterocycles. The summed E-state index contributed by atoms with van der Waals surface area (Å²) in [6.07, 6.45) is -0.0251. The number of aliphatic carboxylic acids is 1. The minimum atomic E-state index is -1.03. The molecule has 26 heavy (non-hydrogen) atoms. The van der Waals surface area contributed by atoms with Crippen LogP contribution in [0.1, 0.15) is 31.0 Å². The number of anilines is 1. The number of rotatable bonds is 8. The van der Waals surface area contributed by atoms with Crippen LogP contribution in [0.4, 0.5) is 5.69 Å². The summed E-state index contributed by atoms with van der Waals surface area (Å²) >= 11 is 0. The molecule has 0 bridgehead atoms. The van der Waals surface area contributed by atoms with Crippen molar-refractivity contribution in [1.29, 1.82) is 5.41 Å². The van der Waals surface area contributed by atoms with E-state index in [-0.39, 0.29) is 11.9 Å². The predicted molar refractivity (Wildman–Crippen MR) is 100 cm³/mol. The Hall–Kier alpha value is -3.22. The maximum atomic E-state index is 11.8. The Morgan fingerprint density at radius 3 is 2.31 bits per heavy atom. The lowest BCUT2D eigenvalue weighted by atomic mass is 10.1. The molecule has 0 aliphatic rings. The van der Waals surface area contributed by atoms with Gasteiger partial charge in [-0.25, -0.2) is 4.79 Å². The number of carbonyl (C=O) groups is 1. The first-order valence-electron chi connectivity index (χ1n) is 8.10. The first kappa shape index (κ1) is 19.1. The maximum Gasteiger partial charge on any atom is 0.330 e. The van der Waals surface area contributed by atoms with E-state index in [9.17, 15) is 9.90 Å². The van der Waals surface area contributed by atoms with Gasteiger partial charge in [-0.1, -0.05) is 6.07 Å². The van der Waals surface area contributed by atoms with Crippen molar-refractivity contribution in [2.45, 2.75) is 26.0 Å². The zero-order chi connectivity index (χ0) is 19.3. The van der Waals surface area contributed by atoms with Gasteiger partial charge in [-0.2, -0.15) is 0 Å². The molecule has 2 aromatic carbocycles. The Morgan fingerprint density at radius 2 is 1.81 bits per heavy atom. The van der Waals surface area contributed by atoms with E-state index in [1.807, 2.05) is 13.8 Å². The van der Waals surface area contributed by atoms with E-state index in [0.717, 1.165) is 0 Å². The van der Waals surface area contributed by atoms with Crippen molar-refractivity contribution in [2.75, 3.05) is 12.4 Å². The van der Waals surface area contributed by atoms with Crippen molar-refractivity contribution >= 4 is 17.5 Å². The number of ether oxygens (including phenoxy) is 2. The molecule has 0 spiro atoms. The van der Waals surface area contributed by atoms with Crippen LogP contribution in [0.3, 0.4) is 0 Å². The zero-order valence-electron chi connectivity index (χ0n) is 14.9. The Morgan fingerprint density at radius 1 is 1.15 bits per heavy atom. The molecule has 1 unspecified atom stereocenters. The lowest BCUT2D eigenvalue weighted by Crippen LogP contribution is -2.21. The molecule has 0 fully saturated rings. The molecule has 0 saturated carbocycles. The number of benzene rings is 2. The second-order valence-electron chi connectivity index (χ2n) is 5.98. The molecule has 2 aromatic rings. The average molecular weight is 357 g/mol. The molecule has 7 heteroatoms. The van der Waals surface area contributed by atoms with Crippen LogP contribution in [0.5, 0.6) is 11.5 Å². The third-order valence-corrected chi connectivity index (χ3v) is 3.64. The van der Waals surface area contributed by atoms with Crippen LogP contribution in [0, 0.1) is 5.41 Å². The van der Waals surface area contributed by atoms with Crippen LogP contribution < -0.4 is 20.5 Å². The highest BCUT2D eigenvalue weighted by molar-refractivity contribution is 5.95. The van der Waals surface area contributed by atoms with Crippen LogP contribution >= 0.6 is 0 Å². The van der Waals surface area contributed by atoms with E-state index >= 15 is 0 Å². The van der Waals surface area contributed by atoms with E-state index in [4.69, 9.17) is 20.6 Å². The summed E-state index contributed by atoms with van der Waals surface area (Å²) in [6, 6.07) is 10.7. The number of nitrogen functional groups attached to an aromatic ring is 1. The Balaban J connectivity index is 2.29. The number of carboxylic acid groups (broad SMARTS) is 1. The van der Waals surface area contributed by atoms with Gasteiger partial charge in [0, 0.05) is 11.3 Å². The predicted octanol–water partition coefficient (Wildman–Crippen LogP) is 3.00. The summed E-state index contributed by atoms with van der Waals surface area (Å²) in [5.41, 5.74) is 7.13. The van der Waals surface area contributed by atoms with Gasteiger partial charge in [-0.05, 0) is 55.8 Å². The maximum absolute atomic E-state index is 11.8. The fraction of sp³-hybridized carbons (Fsp3) is 0.263. The van der Waals surface area contributed by atoms with Crippen molar-refractivity contribution in [3.63, 3.8) is 0 Å². The molecule has 1 atom stereocenters. The third-order valence-electron chi connectivity index (χ3n) is 3.64. The highest BCUT2D eigenvalue weighted by Crippen LogP contribution is 2.32. The molecule has 0 saturated heterocycles. The average Bonchev–Trinajstić information content (AvgIpc) is 2.59. The van der Waals surface area contributed by atoms with Gasteiger partial charge < -0.3 is 25.6 Å². The standard InChI is InChI=1S/C19H23N3O4/c1-11(2)26-15-9-6-13(10-16(15)25-3)17(19(23)24)22-14-7-4-12(5-8-14)18(20)21/h4-11,17,22H,1-3H3,(H3,20,21)(H,23,24). The molecule has 7 nitrogen and oxygen atoms in total. The summed E-state index contributed by atoms with van der Waals surface area (Å²) in [5.74, 6) is -0.0468.